The maximum Gasteiger partial charge on any atom is 0.354 e. The molecular weight excluding hydrogens is 396 g/mol. The molecule has 0 aliphatic carbocycles. The van der Waals surface area contributed by atoms with Crippen LogP contribution in [0.5, 0.6) is 0 Å². The molecule has 30 heavy (non-hydrogen) atoms. The van der Waals surface area contributed by atoms with Gasteiger partial charge in [0.25, 0.3) is 5.91 Å². The van der Waals surface area contributed by atoms with Crippen LogP contribution in [0.2, 0.25) is 0 Å². The molecule has 1 atom stereocenters. The van der Waals surface area contributed by atoms with E-state index in [1.54, 1.807) is 0 Å². The van der Waals surface area contributed by atoms with Crippen LogP contribution in [-0.4, -0.2) is 50.6 Å². The smallest absolute Gasteiger partial charge is 0.354 e. The fourth-order valence-corrected chi connectivity index (χ4v) is 2.71. The van der Waals surface area contributed by atoms with Gasteiger partial charge in [-0.3, -0.25) is 9.59 Å². The first-order valence-electron chi connectivity index (χ1n) is 8.39. The van der Waals surface area contributed by atoms with E-state index >= 15 is 0 Å². The van der Waals surface area contributed by atoms with Crippen LogP contribution in [0.1, 0.15) is 42.9 Å². The normalized spacial score (nSPS) is 11.6. The van der Waals surface area contributed by atoms with E-state index in [1.165, 1.54) is 37.4 Å². The first kappa shape index (κ1) is 20.3. The molecule has 12 nitrogen and oxygen atoms in total. The minimum Gasteiger partial charge on any atom is -0.477 e. The molecule has 0 aliphatic rings. The number of methoxy groups -OCH3 is 1. The molecule has 0 aliphatic heterocycles. The van der Waals surface area contributed by atoms with Crippen molar-refractivity contribution in [3.8, 4) is 0 Å². The summed E-state index contributed by atoms with van der Waals surface area (Å²) in [6.45, 7) is 0. The van der Waals surface area contributed by atoms with Gasteiger partial charge in [0.1, 0.15) is 17.6 Å². The summed E-state index contributed by atoms with van der Waals surface area (Å²) < 4.78 is 5.58. The van der Waals surface area contributed by atoms with Crippen molar-refractivity contribution in [2.24, 2.45) is 5.73 Å². The zero-order chi connectivity index (χ0) is 22.0. The Kier molecular flexibility index (Phi) is 5.31. The average molecular weight is 412 g/mol. The third-order valence-electron chi connectivity index (χ3n) is 4.12. The number of esters is 1. The summed E-state index contributed by atoms with van der Waals surface area (Å²) in [6, 6.07) is 6.70. The van der Waals surface area contributed by atoms with Gasteiger partial charge in [-0.05, 0) is 17.7 Å². The first-order valence-corrected chi connectivity index (χ1v) is 8.39. The molecule has 3 aromatic rings. The Morgan fingerprint density at radius 3 is 2.40 bits per heavy atom. The molecule has 0 bridgehead atoms. The maximum absolute atomic E-state index is 12.7. The molecule has 3 rings (SSSR count). The number of nitrogens with two attached hydrogens (primary N) is 2. The second kappa shape index (κ2) is 7.87. The van der Waals surface area contributed by atoms with Crippen molar-refractivity contribution in [1.29, 1.82) is 0 Å². The quantitative estimate of drug-likeness (QED) is 0.395. The topological polar surface area (TPSA) is 192 Å². The number of aromatic nitrogens is 3. The van der Waals surface area contributed by atoms with Crippen molar-refractivity contribution < 1.29 is 29.0 Å². The summed E-state index contributed by atoms with van der Waals surface area (Å²) in [5, 5.41) is 15.6. The molecule has 2 amide bonds. The Morgan fingerprint density at radius 2 is 1.83 bits per heavy atom. The van der Waals surface area contributed by atoms with E-state index in [9.17, 15) is 24.3 Å². The van der Waals surface area contributed by atoms with E-state index in [2.05, 4.69) is 20.1 Å². The first-order chi connectivity index (χ1) is 14.2. The van der Waals surface area contributed by atoms with Crippen molar-refractivity contribution in [3.05, 3.63) is 58.9 Å². The van der Waals surface area contributed by atoms with Gasteiger partial charge in [0.05, 0.1) is 12.7 Å². The van der Waals surface area contributed by atoms with Crippen LogP contribution in [0, 0.1) is 0 Å². The molecule has 1 aromatic carbocycles. The Balaban J connectivity index is 1.93. The highest BCUT2D eigenvalue weighted by molar-refractivity contribution is 5.98. The zero-order valence-electron chi connectivity index (χ0n) is 15.5. The molecule has 0 unspecified atom stereocenters. The third-order valence-corrected chi connectivity index (χ3v) is 4.12. The maximum atomic E-state index is 12.7. The van der Waals surface area contributed by atoms with Crippen LogP contribution in [0.4, 0.5) is 5.82 Å². The van der Waals surface area contributed by atoms with Gasteiger partial charge in [0, 0.05) is 12.1 Å². The lowest BCUT2D eigenvalue weighted by atomic mass is 10.0. The number of nitrogens with zero attached hydrogens (tertiary/aromatic N) is 3. The van der Waals surface area contributed by atoms with E-state index in [1.807, 2.05) is 0 Å². The lowest BCUT2D eigenvalue weighted by Gasteiger charge is -2.16. The van der Waals surface area contributed by atoms with Crippen LogP contribution in [-0.2, 0) is 9.53 Å². The number of fused-ring (bicyclic) bond motifs is 1. The highest BCUT2D eigenvalue weighted by Gasteiger charge is 2.24. The van der Waals surface area contributed by atoms with Gasteiger partial charge in [-0.15, -0.1) is 5.10 Å². The number of aromatic carboxylic acids is 1. The number of benzene rings is 1. The Labute approximate surface area is 168 Å². The van der Waals surface area contributed by atoms with Crippen LogP contribution in [0.3, 0.4) is 0 Å². The number of hydrogen-bond acceptors (Lipinski definition) is 8. The van der Waals surface area contributed by atoms with Crippen LogP contribution < -0.4 is 16.8 Å². The summed E-state index contributed by atoms with van der Waals surface area (Å²) in [6.07, 6.45) is 0. The van der Waals surface area contributed by atoms with Gasteiger partial charge in [-0.1, -0.05) is 12.1 Å². The lowest BCUT2D eigenvalue weighted by Crippen LogP contribution is -2.38. The number of carbonyl (C=O) groups excluding carboxylic acids is 3. The molecule has 12 heteroatoms. The Morgan fingerprint density at radius 1 is 1.17 bits per heavy atom. The predicted molar refractivity (Wildman–Crippen MR) is 102 cm³/mol. The van der Waals surface area contributed by atoms with Crippen LogP contribution in [0.25, 0.3) is 5.65 Å². The largest absolute Gasteiger partial charge is 0.477 e. The average Bonchev–Trinajstić information content (AvgIpc) is 3.10. The van der Waals surface area contributed by atoms with Gasteiger partial charge < -0.3 is 26.6 Å². The van der Waals surface area contributed by atoms with Crippen LogP contribution >= 0.6 is 0 Å². The van der Waals surface area contributed by atoms with Crippen molar-refractivity contribution in [2.75, 3.05) is 12.8 Å². The zero-order valence-corrected chi connectivity index (χ0v) is 15.5. The molecule has 6 N–H and O–H groups in total. The summed E-state index contributed by atoms with van der Waals surface area (Å²) in [4.78, 5) is 51.6. The van der Waals surface area contributed by atoms with Crippen molar-refractivity contribution in [2.45, 2.75) is 6.04 Å². The van der Waals surface area contributed by atoms with Crippen molar-refractivity contribution >= 4 is 35.2 Å². The number of nitrogen functional groups attached to an aromatic ring is 1. The number of rotatable bonds is 6. The monoisotopic (exact) mass is 412 g/mol. The predicted octanol–water partition coefficient (Wildman–Crippen LogP) is -0.247. The number of amides is 2. The molecule has 154 valence electrons. The van der Waals surface area contributed by atoms with Gasteiger partial charge in [-0.25, -0.2) is 19.1 Å². The van der Waals surface area contributed by atoms with E-state index in [0.717, 1.165) is 10.6 Å². The molecular formula is C18H16N6O6. The van der Waals surface area contributed by atoms with Crippen molar-refractivity contribution in [1.82, 2.24) is 19.9 Å². The molecule has 0 saturated heterocycles. The summed E-state index contributed by atoms with van der Waals surface area (Å²) in [7, 11) is 1.23. The Hall–Kier alpha value is -4.48. The lowest BCUT2D eigenvalue weighted by molar-refractivity contribution is -0.120. The number of ether oxygens (including phenoxy) is 1. The van der Waals surface area contributed by atoms with Gasteiger partial charge in [0.2, 0.25) is 5.91 Å². The number of nitrogens with one attached hydrogen (secondary N) is 1. The fourth-order valence-electron chi connectivity index (χ4n) is 2.71. The summed E-state index contributed by atoms with van der Waals surface area (Å²) in [5.41, 5.74) is 10.9. The van der Waals surface area contributed by atoms with E-state index < -0.39 is 29.8 Å². The van der Waals surface area contributed by atoms with Crippen LogP contribution in [0.15, 0.2) is 36.4 Å². The van der Waals surface area contributed by atoms with Gasteiger partial charge in [0.15, 0.2) is 11.3 Å². The van der Waals surface area contributed by atoms with E-state index in [0.29, 0.717) is 5.56 Å². The summed E-state index contributed by atoms with van der Waals surface area (Å²) >= 11 is 0. The molecule has 2 heterocycles. The molecule has 0 fully saturated rings. The molecule has 0 spiro atoms. The second-order valence-corrected chi connectivity index (χ2v) is 6.09. The minimum absolute atomic E-state index is 0.0169. The number of hydrogen-bond donors (Lipinski definition) is 4. The Bertz CT molecular complexity index is 1170. The highest BCUT2D eigenvalue weighted by Crippen LogP contribution is 2.17. The molecule has 2 aromatic heterocycles. The number of anilines is 1. The number of carboxylic acids is 1. The second-order valence-electron chi connectivity index (χ2n) is 6.09. The fraction of sp³-hybridized carbons (Fsp3) is 0.111. The SMILES string of the molecule is COC(=O)c1ccc([C@@H](NC(=O)c2cc(C(=O)O)n3nc(N)cc3n2)C(N)=O)cc1. The molecule has 0 radical (unpaired) electrons. The van der Waals surface area contributed by atoms with E-state index in [4.69, 9.17) is 11.5 Å². The number of primary amides is 1. The third kappa shape index (κ3) is 3.87. The summed E-state index contributed by atoms with van der Waals surface area (Å²) in [5.74, 6) is -3.63. The van der Waals surface area contributed by atoms with Gasteiger partial charge >= 0.3 is 11.9 Å². The standard InChI is InChI=1S/C18H16N6O6/c1-30-18(29)9-4-2-8(3-5-9)14(15(20)25)22-16(26)10-6-11(17(27)28)24-13(21-10)7-12(19)23-24/h2-7,14H,1H3,(H2,19,23)(H2,20,25)(H,22,26)(H,27,28)/t14-/m1/s1. The van der Waals surface area contributed by atoms with Gasteiger partial charge in [-0.2, -0.15) is 0 Å². The van der Waals surface area contributed by atoms with Crippen molar-refractivity contribution in [3.63, 3.8) is 0 Å². The highest BCUT2D eigenvalue weighted by atomic mass is 16.5. The number of carboxylic acid groups (broad SMARTS) is 1. The number of carbonyl (C=O) groups is 4. The molecule has 0 saturated carbocycles. The minimum atomic E-state index is -1.36. The van der Waals surface area contributed by atoms with E-state index in [-0.39, 0.29) is 28.4 Å².